The monoisotopic (exact) mass is 248 g/mol. The fourth-order valence-electron chi connectivity index (χ4n) is 2.08. The zero-order chi connectivity index (χ0) is 13.1. The Labute approximate surface area is 108 Å². The smallest absolute Gasteiger partial charge is 0.265 e. The van der Waals surface area contributed by atoms with Crippen LogP contribution in [0.1, 0.15) is 20.3 Å². The van der Waals surface area contributed by atoms with E-state index >= 15 is 0 Å². The van der Waals surface area contributed by atoms with Gasteiger partial charge in [0.25, 0.3) is 5.91 Å². The van der Waals surface area contributed by atoms with Gasteiger partial charge in [-0.15, -0.1) is 0 Å². The molecule has 0 fully saturated rings. The van der Waals surface area contributed by atoms with Gasteiger partial charge in [-0.25, -0.2) is 0 Å². The van der Waals surface area contributed by atoms with Crippen molar-refractivity contribution in [2.45, 2.75) is 20.3 Å². The Bertz CT molecular complexity index is 429. The third kappa shape index (κ3) is 2.42. The number of nitrogens with one attached hydrogen (secondary N) is 1. The highest BCUT2D eigenvalue weighted by Crippen LogP contribution is 2.38. The summed E-state index contributed by atoms with van der Waals surface area (Å²) in [4.78, 5) is 13.8. The summed E-state index contributed by atoms with van der Waals surface area (Å²) in [6.45, 7) is 5.20. The van der Waals surface area contributed by atoms with Crippen molar-refractivity contribution in [1.82, 2.24) is 0 Å². The van der Waals surface area contributed by atoms with Crippen molar-refractivity contribution in [2.75, 3.05) is 30.4 Å². The lowest BCUT2D eigenvalue weighted by Crippen LogP contribution is -2.40. The minimum absolute atomic E-state index is 0.0332. The number of hydrogen-bond acceptors (Lipinski definition) is 3. The molecule has 0 radical (unpaired) electrons. The predicted octanol–water partition coefficient (Wildman–Crippen LogP) is 2.50. The number of amides is 1. The maximum Gasteiger partial charge on any atom is 0.265 e. The Balaban J connectivity index is 2.33. The second-order valence-corrected chi connectivity index (χ2v) is 4.92. The SMILES string of the molecule is CNc1cccc2c1N(CCC(C)C)C(=O)CO2. The first-order chi connectivity index (χ1) is 8.63. The molecule has 1 heterocycles. The fraction of sp³-hybridized carbons (Fsp3) is 0.500. The molecule has 4 nitrogen and oxygen atoms in total. The molecule has 2 rings (SSSR count). The summed E-state index contributed by atoms with van der Waals surface area (Å²) in [5.74, 6) is 1.39. The van der Waals surface area contributed by atoms with Crippen LogP contribution >= 0.6 is 0 Å². The maximum atomic E-state index is 12.0. The number of rotatable bonds is 4. The van der Waals surface area contributed by atoms with Crippen LogP contribution in [0.4, 0.5) is 11.4 Å². The second-order valence-electron chi connectivity index (χ2n) is 4.92. The molecule has 0 unspecified atom stereocenters. The van der Waals surface area contributed by atoms with Crippen LogP contribution < -0.4 is 15.0 Å². The lowest BCUT2D eigenvalue weighted by molar-refractivity contribution is -0.121. The van der Waals surface area contributed by atoms with E-state index in [1.165, 1.54) is 0 Å². The Morgan fingerprint density at radius 3 is 2.89 bits per heavy atom. The molecule has 0 aliphatic carbocycles. The molecule has 1 aliphatic heterocycles. The van der Waals surface area contributed by atoms with Crippen LogP contribution in [0.25, 0.3) is 0 Å². The van der Waals surface area contributed by atoms with Gasteiger partial charge >= 0.3 is 0 Å². The van der Waals surface area contributed by atoms with E-state index in [9.17, 15) is 4.79 Å². The van der Waals surface area contributed by atoms with Crippen LogP contribution in [0.2, 0.25) is 0 Å². The summed E-state index contributed by atoms with van der Waals surface area (Å²) in [6.07, 6.45) is 0.989. The van der Waals surface area contributed by atoms with Gasteiger partial charge in [-0.3, -0.25) is 4.79 Å². The number of anilines is 2. The Morgan fingerprint density at radius 2 is 2.22 bits per heavy atom. The van der Waals surface area contributed by atoms with E-state index in [1.807, 2.05) is 30.1 Å². The van der Waals surface area contributed by atoms with Crippen molar-refractivity contribution in [3.05, 3.63) is 18.2 Å². The Hall–Kier alpha value is -1.71. The molecule has 18 heavy (non-hydrogen) atoms. The van der Waals surface area contributed by atoms with E-state index in [4.69, 9.17) is 4.74 Å². The van der Waals surface area contributed by atoms with Gasteiger partial charge in [-0.1, -0.05) is 19.9 Å². The molecule has 1 N–H and O–H groups in total. The van der Waals surface area contributed by atoms with E-state index < -0.39 is 0 Å². The van der Waals surface area contributed by atoms with Gasteiger partial charge in [0, 0.05) is 13.6 Å². The third-order valence-corrected chi connectivity index (χ3v) is 3.12. The van der Waals surface area contributed by atoms with Crippen LogP contribution in [-0.4, -0.2) is 26.1 Å². The second kappa shape index (κ2) is 5.29. The molecule has 1 amide bonds. The van der Waals surface area contributed by atoms with Crippen molar-refractivity contribution >= 4 is 17.3 Å². The van der Waals surface area contributed by atoms with Crippen molar-refractivity contribution in [3.63, 3.8) is 0 Å². The van der Waals surface area contributed by atoms with Crippen LogP contribution in [-0.2, 0) is 4.79 Å². The van der Waals surface area contributed by atoms with Crippen LogP contribution in [0.5, 0.6) is 5.75 Å². The van der Waals surface area contributed by atoms with Crippen LogP contribution in [0.3, 0.4) is 0 Å². The first-order valence-electron chi connectivity index (χ1n) is 6.37. The molecule has 98 valence electrons. The number of hydrogen-bond donors (Lipinski definition) is 1. The van der Waals surface area contributed by atoms with Crippen LogP contribution in [0, 0.1) is 5.92 Å². The number of fused-ring (bicyclic) bond motifs is 1. The van der Waals surface area contributed by atoms with Crippen molar-refractivity contribution in [2.24, 2.45) is 5.92 Å². The highest BCUT2D eigenvalue weighted by atomic mass is 16.5. The number of para-hydroxylation sites is 1. The van der Waals surface area contributed by atoms with Gasteiger partial charge in [0.1, 0.15) is 11.4 Å². The molecule has 0 bridgehead atoms. The molecule has 1 aromatic carbocycles. The summed E-state index contributed by atoms with van der Waals surface area (Å²) in [5.41, 5.74) is 1.81. The summed E-state index contributed by atoms with van der Waals surface area (Å²) in [5, 5.41) is 3.12. The van der Waals surface area contributed by atoms with Crippen LogP contribution in [0.15, 0.2) is 18.2 Å². The fourth-order valence-corrected chi connectivity index (χ4v) is 2.08. The number of benzene rings is 1. The molecular formula is C14H20N2O2. The van der Waals surface area contributed by atoms with Gasteiger partial charge in [0.05, 0.1) is 5.69 Å². The maximum absolute atomic E-state index is 12.0. The van der Waals surface area contributed by atoms with Gasteiger partial charge in [0.2, 0.25) is 0 Å². The summed E-state index contributed by atoms with van der Waals surface area (Å²) < 4.78 is 5.48. The third-order valence-electron chi connectivity index (χ3n) is 3.12. The summed E-state index contributed by atoms with van der Waals surface area (Å²) >= 11 is 0. The summed E-state index contributed by atoms with van der Waals surface area (Å²) in [6, 6.07) is 5.80. The molecule has 0 atom stereocenters. The number of ether oxygens (including phenoxy) is 1. The topological polar surface area (TPSA) is 41.6 Å². The lowest BCUT2D eigenvalue weighted by atomic mass is 10.1. The first kappa shape index (κ1) is 12.7. The Kier molecular flexibility index (Phi) is 3.75. The number of carbonyl (C=O) groups excluding carboxylic acids is 1. The van der Waals surface area contributed by atoms with Crippen molar-refractivity contribution in [1.29, 1.82) is 0 Å². The summed E-state index contributed by atoms with van der Waals surface area (Å²) in [7, 11) is 1.86. The molecule has 0 spiro atoms. The van der Waals surface area contributed by atoms with Crippen molar-refractivity contribution < 1.29 is 9.53 Å². The van der Waals surface area contributed by atoms with E-state index in [0.717, 1.165) is 30.1 Å². The average molecular weight is 248 g/mol. The molecule has 0 saturated carbocycles. The van der Waals surface area contributed by atoms with E-state index in [0.29, 0.717) is 5.92 Å². The predicted molar refractivity (Wildman–Crippen MR) is 73.3 cm³/mol. The lowest BCUT2D eigenvalue weighted by Gasteiger charge is -2.31. The minimum Gasteiger partial charge on any atom is -0.481 e. The largest absolute Gasteiger partial charge is 0.481 e. The highest BCUT2D eigenvalue weighted by molar-refractivity contribution is 6.01. The molecule has 0 saturated heterocycles. The van der Waals surface area contributed by atoms with Gasteiger partial charge in [-0.2, -0.15) is 0 Å². The molecule has 1 aliphatic rings. The molecule has 0 aromatic heterocycles. The zero-order valence-electron chi connectivity index (χ0n) is 11.2. The molecule has 1 aromatic rings. The normalized spacial score (nSPS) is 14.4. The molecule has 4 heteroatoms. The number of nitrogens with zero attached hydrogens (tertiary/aromatic N) is 1. The standard InChI is InChI=1S/C14H20N2O2/c1-10(2)7-8-16-13(17)9-18-12-6-4-5-11(15-3)14(12)16/h4-6,10,15H,7-9H2,1-3H3. The van der Waals surface area contributed by atoms with Crippen molar-refractivity contribution in [3.8, 4) is 5.75 Å². The first-order valence-corrected chi connectivity index (χ1v) is 6.37. The average Bonchev–Trinajstić information content (AvgIpc) is 2.36. The van der Waals surface area contributed by atoms with E-state index in [2.05, 4.69) is 19.2 Å². The Morgan fingerprint density at radius 1 is 1.44 bits per heavy atom. The van der Waals surface area contributed by atoms with E-state index in [-0.39, 0.29) is 12.5 Å². The van der Waals surface area contributed by atoms with E-state index in [1.54, 1.807) is 0 Å². The zero-order valence-corrected chi connectivity index (χ0v) is 11.2. The van der Waals surface area contributed by atoms with Gasteiger partial charge < -0.3 is 15.0 Å². The number of carbonyl (C=O) groups is 1. The minimum atomic E-state index is 0.0332. The van der Waals surface area contributed by atoms with Gasteiger partial charge in [-0.05, 0) is 24.5 Å². The van der Waals surface area contributed by atoms with Gasteiger partial charge in [0.15, 0.2) is 6.61 Å². The quantitative estimate of drug-likeness (QED) is 0.890. The molecular weight excluding hydrogens is 228 g/mol. The highest BCUT2D eigenvalue weighted by Gasteiger charge is 2.27.